The van der Waals surface area contributed by atoms with E-state index in [4.69, 9.17) is 5.73 Å². The van der Waals surface area contributed by atoms with E-state index in [1.807, 2.05) is 0 Å². The van der Waals surface area contributed by atoms with Crippen LogP contribution in [0.2, 0.25) is 0 Å². The fraction of sp³-hybridized carbons (Fsp3) is 0.214. The first-order valence-electron chi connectivity index (χ1n) is 5.81. The molecule has 0 radical (unpaired) electrons. The maximum absolute atomic E-state index is 12.9. The van der Waals surface area contributed by atoms with Gasteiger partial charge in [0.1, 0.15) is 0 Å². The van der Waals surface area contributed by atoms with E-state index in [9.17, 15) is 13.2 Å². The summed E-state index contributed by atoms with van der Waals surface area (Å²) in [6, 6.07) is 7.52. The number of alkyl halides is 3. The summed E-state index contributed by atoms with van der Waals surface area (Å²) in [7, 11) is 0. The Kier molecular flexibility index (Phi) is 3.74. The molecule has 2 nitrogen and oxygen atoms in total. The minimum atomic E-state index is -4.37. The summed E-state index contributed by atoms with van der Waals surface area (Å²) in [5, 5.41) is 0. The van der Waals surface area contributed by atoms with Crippen LogP contribution in [0.25, 0.3) is 0 Å². The second-order valence-corrected chi connectivity index (χ2v) is 4.27. The number of hydrogen-bond acceptors (Lipinski definition) is 2. The van der Waals surface area contributed by atoms with Gasteiger partial charge in [0.2, 0.25) is 0 Å². The first-order valence-corrected chi connectivity index (χ1v) is 5.81. The Morgan fingerprint density at radius 1 is 1.00 bits per heavy atom. The molecule has 19 heavy (non-hydrogen) atoms. The quantitative estimate of drug-likeness (QED) is 0.864. The number of aromatic nitrogens is 1. The summed E-state index contributed by atoms with van der Waals surface area (Å²) in [5.74, 6) is 0. The van der Waals surface area contributed by atoms with Gasteiger partial charge in [0.15, 0.2) is 0 Å². The van der Waals surface area contributed by atoms with Gasteiger partial charge in [0.05, 0.1) is 5.56 Å². The van der Waals surface area contributed by atoms with E-state index in [1.165, 1.54) is 12.1 Å². The zero-order valence-corrected chi connectivity index (χ0v) is 10.1. The molecule has 0 fully saturated rings. The van der Waals surface area contributed by atoms with Crippen LogP contribution in [0.1, 0.15) is 16.7 Å². The molecule has 0 amide bonds. The van der Waals surface area contributed by atoms with Gasteiger partial charge in [0, 0.05) is 18.1 Å². The second-order valence-electron chi connectivity index (χ2n) is 4.27. The summed E-state index contributed by atoms with van der Waals surface area (Å²) in [5.41, 5.74) is 6.12. The molecule has 0 bridgehead atoms. The molecule has 0 aliphatic heterocycles. The molecule has 0 saturated carbocycles. The smallest absolute Gasteiger partial charge is 0.399 e. The average Bonchev–Trinajstić information content (AvgIpc) is 2.37. The minimum absolute atomic E-state index is 0.125. The van der Waals surface area contributed by atoms with E-state index >= 15 is 0 Å². The van der Waals surface area contributed by atoms with Crippen LogP contribution in [0.5, 0.6) is 0 Å². The van der Waals surface area contributed by atoms with Gasteiger partial charge >= 0.3 is 6.18 Å². The summed E-state index contributed by atoms with van der Waals surface area (Å²) in [6.45, 7) is 0. The Balaban J connectivity index is 2.21. The number of rotatable bonds is 3. The Hall–Kier alpha value is -2.04. The maximum atomic E-state index is 12.9. The van der Waals surface area contributed by atoms with Crippen molar-refractivity contribution in [2.75, 3.05) is 5.73 Å². The van der Waals surface area contributed by atoms with Gasteiger partial charge in [-0.15, -0.1) is 0 Å². The molecular formula is C14H13F3N2. The van der Waals surface area contributed by atoms with Crippen LogP contribution in [-0.2, 0) is 19.0 Å². The standard InChI is InChI=1S/C14H13F3N2/c15-14(16,17)13-9-12(18)4-3-11(13)2-1-10-5-7-19-8-6-10/h3-9H,1-2,18H2. The van der Waals surface area contributed by atoms with Crippen molar-refractivity contribution in [3.8, 4) is 0 Å². The average molecular weight is 266 g/mol. The lowest BCUT2D eigenvalue weighted by molar-refractivity contribution is -0.138. The first-order chi connectivity index (χ1) is 8.97. The van der Waals surface area contributed by atoms with Crippen LogP contribution in [0.3, 0.4) is 0 Å². The monoisotopic (exact) mass is 266 g/mol. The number of aryl methyl sites for hydroxylation is 2. The highest BCUT2D eigenvalue weighted by Gasteiger charge is 2.33. The lowest BCUT2D eigenvalue weighted by Gasteiger charge is -2.13. The van der Waals surface area contributed by atoms with Crippen molar-refractivity contribution in [2.24, 2.45) is 0 Å². The molecule has 0 spiro atoms. The number of anilines is 1. The third-order valence-electron chi connectivity index (χ3n) is 2.87. The van der Waals surface area contributed by atoms with Gasteiger partial charge in [-0.05, 0) is 48.2 Å². The number of nitrogens with zero attached hydrogens (tertiary/aromatic N) is 1. The zero-order valence-electron chi connectivity index (χ0n) is 10.1. The Bertz CT molecular complexity index is 550. The van der Waals surface area contributed by atoms with Gasteiger partial charge in [-0.1, -0.05) is 6.07 Å². The Morgan fingerprint density at radius 3 is 2.32 bits per heavy atom. The molecule has 1 aromatic heterocycles. The van der Waals surface area contributed by atoms with Crippen molar-refractivity contribution >= 4 is 5.69 Å². The van der Waals surface area contributed by atoms with Gasteiger partial charge in [-0.3, -0.25) is 4.98 Å². The van der Waals surface area contributed by atoms with Crippen molar-refractivity contribution in [1.82, 2.24) is 4.98 Å². The predicted molar refractivity (Wildman–Crippen MR) is 67.5 cm³/mol. The molecule has 1 heterocycles. The fourth-order valence-corrected chi connectivity index (χ4v) is 1.90. The van der Waals surface area contributed by atoms with Gasteiger partial charge < -0.3 is 5.73 Å². The molecule has 2 aromatic rings. The van der Waals surface area contributed by atoms with Crippen LogP contribution < -0.4 is 5.73 Å². The van der Waals surface area contributed by atoms with Gasteiger partial charge in [0.25, 0.3) is 0 Å². The number of nitrogen functional groups attached to an aromatic ring is 1. The van der Waals surface area contributed by atoms with Crippen LogP contribution >= 0.6 is 0 Å². The highest BCUT2D eigenvalue weighted by molar-refractivity contribution is 5.46. The minimum Gasteiger partial charge on any atom is -0.399 e. The molecule has 100 valence electrons. The molecule has 0 aliphatic rings. The number of nitrogens with two attached hydrogens (primary N) is 1. The number of hydrogen-bond donors (Lipinski definition) is 1. The molecule has 5 heteroatoms. The zero-order chi connectivity index (χ0) is 13.9. The van der Waals surface area contributed by atoms with Crippen molar-refractivity contribution in [3.05, 3.63) is 59.4 Å². The van der Waals surface area contributed by atoms with Gasteiger partial charge in [-0.25, -0.2) is 0 Å². The normalized spacial score (nSPS) is 11.5. The van der Waals surface area contributed by atoms with Crippen LogP contribution in [0.15, 0.2) is 42.7 Å². The van der Waals surface area contributed by atoms with E-state index in [0.29, 0.717) is 12.8 Å². The van der Waals surface area contributed by atoms with E-state index in [-0.39, 0.29) is 11.3 Å². The summed E-state index contributed by atoms with van der Waals surface area (Å²) in [6.07, 6.45) is -0.260. The van der Waals surface area contributed by atoms with Crippen molar-refractivity contribution in [1.29, 1.82) is 0 Å². The molecule has 2 N–H and O–H groups in total. The predicted octanol–water partition coefficient (Wildman–Crippen LogP) is 3.47. The molecule has 0 atom stereocenters. The molecular weight excluding hydrogens is 253 g/mol. The molecule has 0 unspecified atom stereocenters. The summed E-state index contributed by atoms with van der Waals surface area (Å²) >= 11 is 0. The highest BCUT2D eigenvalue weighted by atomic mass is 19.4. The molecule has 0 aliphatic carbocycles. The van der Waals surface area contributed by atoms with Crippen molar-refractivity contribution in [3.63, 3.8) is 0 Å². The van der Waals surface area contributed by atoms with Crippen LogP contribution in [0.4, 0.5) is 18.9 Å². The molecule has 2 rings (SSSR count). The van der Waals surface area contributed by atoms with E-state index in [1.54, 1.807) is 24.5 Å². The topological polar surface area (TPSA) is 38.9 Å². The fourth-order valence-electron chi connectivity index (χ4n) is 1.90. The van der Waals surface area contributed by atoms with Crippen LogP contribution in [-0.4, -0.2) is 4.98 Å². The summed E-state index contributed by atoms with van der Waals surface area (Å²) in [4.78, 5) is 3.87. The Labute approximate surface area is 109 Å². The number of benzene rings is 1. The molecule has 0 saturated heterocycles. The first kappa shape index (κ1) is 13.4. The second kappa shape index (κ2) is 5.30. The van der Waals surface area contributed by atoms with Crippen LogP contribution in [0, 0.1) is 0 Å². The maximum Gasteiger partial charge on any atom is 0.416 e. The van der Waals surface area contributed by atoms with E-state index in [2.05, 4.69) is 4.98 Å². The van der Waals surface area contributed by atoms with Crippen molar-refractivity contribution in [2.45, 2.75) is 19.0 Å². The lowest BCUT2D eigenvalue weighted by atomic mass is 9.99. The lowest BCUT2D eigenvalue weighted by Crippen LogP contribution is -2.10. The Morgan fingerprint density at radius 2 is 1.68 bits per heavy atom. The SMILES string of the molecule is Nc1ccc(CCc2ccncc2)c(C(F)(F)F)c1. The van der Waals surface area contributed by atoms with Gasteiger partial charge in [-0.2, -0.15) is 13.2 Å². The van der Waals surface area contributed by atoms with E-state index < -0.39 is 11.7 Å². The van der Waals surface area contributed by atoms with Crippen molar-refractivity contribution < 1.29 is 13.2 Å². The number of halogens is 3. The van der Waals surface area contributed by atoms with E-state index in [0.717, 1.165) is 11.6 Å². The third kappa shape index (κ3) is 3.47. The summed E-state index contributed by atoms with van der Waals surface area (Å²) < 4.78 is 38.7. The highest BCUT2D eigenvalue weighted by Crippen LogP contribution is 2.33. The molecule has 1 aromatic carbocycles. The third-order valence-corrected chi connectivity index (χ3v) is 2.87. The largest absolute Gasteiger partial charge is 0.416 e. The number of pyridine rings is 1.